The summed E-state index contributed by atoms with van der Waals surface area (Å²) >= 11 is 5.76. The Balaban J connectivity index is 3.02. The number of hydrogen-bond acceptors (Lipinski definition) is 4. The zero-order chi connectivity index (χ0) is 16.0. The standard InChI is InChI=1S/C14H19ClN2O4/c1-10(2)9-16(6-7-21-3)14(18)11-4-5-12(15)13(8-11)17(19)20/h4-5,8,10H,6-7,9H2,1-3H3. The fourth-order valence-corrected chi connectivity index (χ4v) is 2.07. The lowest BCUT2D eigenvalue weighted by atomic mass is 10.1. The van der Waals surface area contributed by atoms with Crippen molar-refractivity contribution >= 4 is 23.2 Å². The number of benzene rings is 1. The van der Waals surface area contributed by atoms with Crippen LogP contribution in [0.1, 0.15) is 24.2 Å². The summed E-state index contributed by atoms with van der Waals surface area (Å²) in [6, 6.07) is 4.08. The number of ether oxygens (including phenoxy) is 1. The van der Waals surface area contributed by atoms with E-state index in [1.165, 1.54) is 18.2 Å². The first kappa shape index (κ1) is 17.4. The van der Waals surface area contributed by atoms with E-state index in [2.05, 4.69) is 0 Å². The van der Waals surface area contributed by atoms with Gasteiger partial charge in [0.2, 0.25) is 0 Å². The topological polar surface area (TPSA) is 72.7 Å². The summed E-state index contributed by atoms with van der Waals surface area (Å²) in [4.78, 5) is 24.4. The Labute approximate surface area is 128 Å². The molecule has 0 saturated heterocycles. The van der Waals surface area contributed by atoms with Gasteiger partial charge in [-0.25, -0.2) is 0 Å². The van der Waals surface area contributed by atoms with E-state index in [1.54, 1.807) is 12.0 Å². The molecule has 0 spiro atoms. The molecule has 0 heterocycles. The summed E-state index contributed by atoms with van der Waals surface area (Å²) in [5, 5.41) is 10.9. The van der Waals surface area contributed by atoms with E-state index in [4.69, 9.17) is 16.3 Å². The lowest BCUT2D eigenvalue weighted by Crippen LogP contribution is -2.36. The monoisotopic (exact) mass is 314 g/mol. The van der Waals surface area contributed by atoms with Crippen molar-refractivity contribution < 1.29 is 14.5 Å². The average molecular weight is 315 g/mol. The maximum atomic E-state index is 12.5. The molecule has 6 nitrogen and oxygen atoms in total. The van der Waals surface area contributed by atoms with Crippen LogP contribution in [0.5, 0.6) is 0 Å². The quantitative estimate of drug-likeness (QED) is 0.573. The molecule has 0 N–H and O–H groups in total. The highest BCUT2D eigenvalue weighted by atomic mass is 35.5. The van der Waals surface area contributed by atoms with Crippen LogP contribution >= 0.6 is 11.6 Å². The summed E-state index contributed by atoms with van der Waals surface area (Å²) < 4.78 is 5.00. The van der Waals surface area contributed by atoms with Crippen molar-refractivity contribution in [1.82, 2.24) is 4.90 Å². The lowest BCUT2D eigenvalue weighted by Gasteiger charge is -2.24. The van der Waals surface area contributed by atoms with E-state index in [9.17, 15) is 14.9 Å². The number of methoxy groups -OCH3 is 1. The van der Waals surface area contributed by atoms with Gasteiger partial charge in [0, 0.05) is 31.8 Å². The smallest absolute Gasteiger partial charge is 0.288 e. The number of carbonyl (C=O) groups excluding carboxylic acids is 1. The first-order valence-electron chi connectivity index (χ1n) is 6.59. The molecule has 0 aromatic heterocycles. The average Bonchev–Trinajstić information content (AvgIpc) is 2.42. The SMILES string of the molecule is COCCN(CC(C)C)C(=O)c1ccc(Cl)c([N+](=O)[O-])c1. The summed E-state index contributed by atoms with van der Waals surface area (Å²) in [6.07, 6.45) is 0. The molecule has 0 aliphatic carbocycles. The van der Waals surface area contributed by atoms with E-state index < -0.39 is 4.92 Å². The molecule has 0 bridgehead atoms. The minimum absolute atomic E-state index is 0.0175. The number of halogens is 1. The number of rotatable bonds is 7. The number of carbonyl (C=O) groups is 1. The van der Waals surface area contributed by atoms with Crippen LogP contribution in [0.3, 0.4) is 0 Å². The molecule has 1 amide bonds. The van der Waals surface area contributed by atoms with Crippen molar-refractivity contribution in [2.75, 3.05) is 26.8 Å². The van der Waals surface area contributed by atoms with Gasteiger partial charge in [-0.05, 0) is 18.1 Å². The molecule has 1 aromatic rings. The van der Waals surface area contributed by atoms with Crippen LogP contribution in [0.2, 0.25) is 5.02 Å². The fraction of sp³-hybridized carbons (Fsp3) is 0.500. The first-order valence-corrected chi connectivity index (χ1v) is 6.96. The lowest BCUT2D eigenvalue weighted by molar-refractivity contribution is -0.384. The number of nitro groups is 1. The van der Waals surface area contributed by atoms with Crippen molar-refractivity contribution in [3.63, 3.8) is 0 Å². The van der Waals surface area contributed by atoms with Crippen LogP contribution in [-0.4, -0.2) is 42.5 Å². The van der Waals surface area contributed by atoms with E-state index in [-0.39, 0.29) is 28.1 Å². The number of nitrogens with zero attached hydrogens (tertiary/aromatic N) is 2. The summed E-state index contributed by atoms with van der Waals surface area (Å²) in [5.74, 6) is 0.0219. The summed E-state index contributed by atoms with van der Waals surface area (Å²) in [5.41, 5.74) is -0.0124. The highest BCUT2D eigenvalue weighted by molar-refractivity contribution is 6.32. The van der Waals surface area contributed by atoms with Gasteiger partial charge >= 0.3 is 0 Å². The normalized spacial score (nSPS) is 10.7. The maximum Gasteiger partial charge on any atom is 0.288 e. The van der Waals surface area contributed by atoms with Crippen molar-refractivity contribution in [3.05, 3.63) is 38.9 Å². The van der Waals surface area contributed by atoms with Gasteiger partial charge in [0.05, 0.1) is 11.5 Å². The number of amides is 1. The molecule has 0 atom stereocenters. The summed E-state index contributed by atoms with van der Waals surface area (Å²) in [7, 11) is 1.56. The molecule has 7 heteroatoms. The van der Waals surface area contributed by atoms with E-state index in [0.717, 1.165) is 0 Å². The summed E-state index contributed by atoms with van der Waals surface area (Å²) in [6.45, 7) is 5.39. The predicted molar refractivity (Wildman–Crippen MR) is 80.7 cm³/mol. The largest absolute Gasteiger partial charge is 0.383 e. The molecule has 21 heavy (non-hydrogen) atoms. The van der Waals surface area contributed by atoms with Crippen LogP contribution in [-0.2, 0) is 4.74 Å². The second kappa shape index (κ2) is 7.95. The van der Waals surface area contributed by atoms with Gasteiger partial charge in [-0.2, -0.15) is 0 Å². The van der Waals surface area contributed by atoms with Gasteiger partial charge < -0.3 is 9.64 Å². The number of hydrogen-bond donors (Lipinski definition) is 0. The molecular formula is C14H19ClN2O4. The van der Waals surface area contributed by atoms with E-state index in [0.29, 0.717) is 19.7 Å². The Morgan fingerprint density at radius 3 is 2.67 bits per heavy atom. The van der Waals surface area contributed by atoms with E-state index in [1.807, 2.05) is 13.8 Å². The Morgan fingerprint density at radius 2 is 2.14 bits per heavy atom. The van der Waals surface area contributed by atoms with Crippen molar-refractivity contribution in [3.8, 4) is 0 Å². The van der Waals surface area contributed by atoms with Gasteiger partial charge in [0.25, 0.3) is 11.6 Å². The second-order valence-electron chi connectivity index (χ2n) is 5.06. The first-order chi connectivity index (χ1) is 9.86. The van der Waals surface area contributed by atoms with Crippen LogP contribution in [0.15, 0.2) is 18.2 Å². The Kier molecular flexibility index (Phi) is 6.58. The predicted octanol–water partition coefficient (Wildman–Crippen LogP) is 2.99. The minimum Gasteiger partial charge on any atom is -0.383 e. The molecule has 1 aromatic carbocycles. The van der Waals surface area contributed by atoms with Gasteiger partial charge in [0.15, 0.2) is 0 Å². The zero-order valence-corrected chi connectivity index (χ0v) is 13.1. The molecular weight excluding hydrogens is 296 g/mol. The molecule has 0 aliphatic heterocycles. The molecule has 0 aliphatic rings. The Morgan fingerprint density at radius 1 is 1.48 bits per heavy atom. The maximum absolute atomic E-state index is 12.5. The minimum atomic E-state index is -0.596. The zero-order valence-electron chi connectivity index (χ0n) is 12.3. The third kappa shape index (κ3) is 4.99. The number of nitro benzene ring substituents is 1. The van der Waals surface area contributed by atoms with Crippen molar-refractivity contribution in [1.29, 1.82) is 0 Å². The third-order valence-electron chi connectivity index (χ3n) is 2.83. The highest BCUT2D eigenvalue weighted by Gasteiger charge is 2.21. The van der Waals surface area contributed by atoms with Crippen molar-refractivity contribution in [2.45, 2.75) is 13.8 Å². The molecule has 1 rings (SSSR count). The fourth-order valence-electron chi connectivity index (χ4n) is 1.89. The van der Waals surface area contributed by atoms with Gasteiger partial charge in [-0.3, -0.25) is 14.9 Å². The van der Waals surface area contributed by atoms with Crippen LogP contribution in [0.4, 0.5) is 5.69 Å². The van der Waals surface area contributed by atoms with E-state index >= 15 is 0 Å². The van der Waals surface area contributed by atoms with Gasteiger partial charge in [-0.1, -0.05) is 25.4 Å². The van der Waals surface area contributed by atoms with Crippen molar-refractivity contribution in [2.24, 2.45) is 5.92 Å². The highest BCUT2D eigenvalue weighted by Crippen LogP contribution is 2.25. The molecule has 0 unspecified atom stereocenters. The second-order valence-corrected chi connectivity index (χ2v) is 5.47. The molecule has 116 valence electrons. The van der Waals surface area contributed by atoms with Gasteiger partial charge in [-0.15, -0.1) is 0 Å². The Bertz CT molecular complexity index is 520. The molecule has 0 fully saturated rings. The van der Waals surface area contributed by atoms with Crippen LogP contribution in [0.25, 0.3) is 0 Å². The van der Waals surface area contributed by atoms with Gasteiger partial charge in [0.1, 0.15) is 5.02 Å². The Hall–Kier alpha value is -1.66. The third-order valence-corrected chi connectivity index (χ3v) is 3.15. The molecule has 0 saturated carbocycles. The van der Waals surface area contributed by atoms with Crippen LogP contribution in [0, 0.1) is 16.0 Å². The molecule has 0 radical (unpaired) electrons. The van der Waals surface area contributed by atoms with Crippen LogP contribution < -0.4 is 0 Å².